The fourth-order valence-electron chi connectivity index (χ4n) is 2.51. The summed E-state index contributed by atoms with van der Waals surface area (Å²) < 4.78 is 38.9. The normalized spacial score (nSPS) is 11.4. The second-order valence-corrected chi connectivity index (χ2v) is 6.98. The fraction of sp³-hybridized carbons (Fsp3) is 0.333. The second kappa shape index (κ2) is 8.17. The van der Waals surface area contributed by atoms with Gasteiger partial charge in [0.1, 0.15) is 22.1 Å². The van der Waals surface area contributed by atoms with Gasteiger partial charge in [-0.05, 0) is 48.7 Å². The molecule has 6 heteroatoms. The molecular formula is C18H22O5S. The predicted molar refractivity (Wildman–Crippen MR) is 92.3 cm³/mol. The van der Waals surface area contributed by atoms with Crippen molar-refractivity contribution in [3.63, 3.8) is 0 Å². The van der Waals surface area contributed by atoms with Crippen molar-refractivity contribution >= 4 is 10.1 Å². The minimum Gasteiger partial charge on any atom is -0.508 e. The summed E-state index contributed by atoms with van der Waals surface area (Å²) in [5.41, 5.74) is 0.546. The maximum absolute atomic E-state index is 11.8. The Labute approximate surface area is 142 Å². The number of phenolic OH excluding ortho intramolecular Hbond substituents is 1. The molecule has 24 heavy (non-hydrogen) atoms. The van der Waals surface area contributed by atoms with E-state index in [1.54, 1.807) is 12.1 Å². The van der Waals surface area contributed by atoms with Gasteiger partial charge in [0.25, 0.3) is 10.1 Å². The molecule has 0 heterocycles. The van der Waals surface area contributed by atoms with Gasteiger partial charge in [-0.3, -0.25) is 4.55 Å². The summed E-state index contributed by atoms with van der Waals surface area (Å²) in [6.45, 7) is 2.11. The summed E-state index contributed by atoms with van der Waals surface area (Å²) in [4.78, 5) is -0.186. The molecule has 0 atom stereocenters. The Bertz CT molecular complexity index is 766. The van der Waals surface area contributed by atoms with Gasteiger partial charge in [0, 0.05) is 0 Å². The third kappa shape index (κ3) is 4.97. The van der Waals surface area contributed by atoms with Gasteiger partial charge in [-0.1, -0.05) is 38.3 Å². The van der Waals surface area contributed by atoms with Gasteiger partial charge in [0.15, 0.2) is 0 Å². The van der Waals surface area contributed by atoms with E-state index in [2.05, 4.69) is 6.92 Å². The molecule has 0 aliphatic carbocycles. The van der Waals surface area contributed by atoms with Crippen LogP contribution in [0, 0.1) is 0 Å². The first-order valence-corrected chi connectivity index (χ1v) is 9.42. The van der Waals surface area contributed by atoms with Crippen molar-refractivity contribution in [1.82, 2.24) is 0 Å². The molecule has 0 saturated carbocycles. The lowest BCUT2D eigenvalue weighted by atomic mass is 10.1. The fourth-order valence-corrected chi connectivity index (χ4v) is 3.38. The van der Waals surface area contributed by atoms with Crippen molar-refractivity contribution < 1.29 is 22.8 Å². The third-order valence-electron chi connectivity index (χ3n) is 3.68. The van der Waals surface area contributed by atoms with Gasteiger partial charge in [-0.15, -0.1) is 0 Å². The molecule has 0 unspecified atom stereocenters. The SMILES string of the molecule is CCCCCCc1cccc(Oc2ccc(O)cc2)c1S(=O)(=O)O. The highest BCUT2D eigenvalue weighted by Gasteiger charge is 2.21. The Kier molecular flexibility index (Phi) is 6.23. The summed E-state index contributed by atoms with van der Waals surface area (Å²) in [6, 6.07) is 10.8. The molecule has 130 valence electrons. The van der Waals surface area contributed by atoms with Crippen molar-refractivity contribution in [2.75, 3.05) is 0 Å². The lowest BCUT2D eigenvalue weighted by Crippen LogP contribution is -2.06. The van der Waals surface area contributed by atoms with Crippen LogP contribution in [0.3, 0.4) is 0 Å². The Balaban J connectivity index is 2.31. The zero-order valence-electron chi connectivity index (χ0n) is 13.6. The van der Waals surface area contributed by atoms with Crippen LogP contribution in [0.1, 0.15) is 38.2 Å². The van der Waals surface area contributed by atoms with E-state index in [0.29, 0.717) is 17.7 Å². The minimum absolute atomic E-state index is 0.0798. The molecule has 0 aromatic heterocycles. The first kappa shape index (κ1) is 18.3. The van der Waals surface area contributed by atoms with Gasteiger partial charge in [0.05, 0.1) is 0 Å². The van der Waals surface area contributed by atoms with Gasteiger partial charge in [-0.2, -0.15) is 8.42 Å². The van der Waals surface area contributed by atoms with E-state index < -0.39 is 10.1 Å². The molecule has 0 saturated heterocycles. The van der Waals surface area contributed by atoms with Crippen LogP contribution in [0.4, 0.5) is 0 Å². The molecule has 0 aliphatic rings. The van der Waals surface area contributed by atoms with Gasteiger partial charge >= 0.3 is 0 Å². The summed E-state index contributed by atoms with van der Waals surface area (Å²) in [5, 5.41) is 9.30. The Morgan fingerprint density at radius 1 is 1.00 bits per heavy atom. The second-order valence-electron chi connectivity index (χ2n) is 5.63. The first-order valence-electron chi connectivity index (χ1n) is 7.98. The summed E-state index contributed by atoms with van der Waals surface area (Å²) in [5.74, 6) is 0.541. The predicted octanol–water partition coefficient (Wildman–Crippen LogP) is 4.55. The van der Waals surface area contributed by atoms with Crippen LogP contribution in [0.2, 0.25) is 0 Å². The molecule has 2 N–H and O–H groups in total. The van der Waals surface area contributed by atoms with Crippen LogP contribution in [-0.4, -0.2) is 18.1 Å². The van der Waals surface area contributed by atoms with Crippen LogP contribution >= 0.6 is 0 Å². The molecule has 0 amide bonds. The lowest BCUT2D eigenvalue weighted by molar-refractivity contribution is 0.443. The number of benzene rings is 2. The molecule has 0 bridgehead atoms. The van der Waals surface area contributed by atoms with Crippen molar-refractivity contribution in [1.29, 1.82) is 0 Å². The van der Waals surface area contributed by atoms with Gasteiger partial charge < -0.3 is 9.84 Å². The molecule has 2 rings (SSSR count). The van der Waals surface area contributed by atoms with E-state index in [1.807, 2.05) is 0 Å². The van der Waals surface area contributed by atoms with E-state index in [-0.39, 0.29) is 16.4 Å². The molecule has 0 radical (unpaired) electrons. The average molecular weight is 350 g/mol. The van der Waals surface area contributed by atoms with Crippen LogP contribution in [0.25, 0.3) is 0 Å². The lowest BCUT2D eigenvalue weighted by Gasteiger charge is -2.13. The maximum atomic E-state index is 11.8. The summed E-state index contributed by atoms with van der Waals surface area (Å²) >= 11 is 0. The van der Waals surface area contributed by atoms with Gasteiger partial charge in [0.2, 0.25) is 0 Å². The van der Waals surface area contributed by atoms with Crippen LogP contribution in [0.15, 0.2) is 47.4 Å². The Hall–Kier alpha value is -2.05. The minimum atomic E-state index is -4.41. The highest BCUT2D eigenvalue weighted by Crippen LogP contribution is 2.33. The van der Waals surface area contributed by atoms with E-state index in [1.165, 1.54) is 30.3 Å². The van der Waals surface area contributed by atoms with E-state index in [9.17, 15) is 18.1 Å². The zero-order chi connectivity index (χ0) is 17.6. The third-order valence-corrected chi connectivity index (χ3v) is 4.66. The molecule has 0 fully saturated rings. The van der Waals surface area contributed by atoms with Crippen molar-refractivity contribution in [3.8, 4) is 17.2 Å². The maximum Gasteiger partial charge on any atom is 0.298 e. The van der Waals surface area contributed by atoms with E-state index >= 15 is 0 Å². The summed E-state index contributed by atoms with van der Waals surface area (Å²) in [7, 11) is -4.41. The number of ether oxygens (including phenoxy) is 1. The number of aryl methyl sites for hydroxylation is 1. The number of aromatic hydroxyl groups is 1. The Morgan fingerprint density at radius 3 is 2.33 bits per heavy atom. The number of rotatable bonds is 8. The molecule has 5 nitrogen and oxygen atoms in total. The van der Waals surface area contributed by atoms with Crippen molar-refractivity contribution in [2.24, 2.45) is 0 Å². The van der Waals surface area contributed by atoms with Crippen LogP contribution < -0.4 is 4.74 Å². The topological polar surface area (TPSA) is 83.8 Å². The van der Waals surface area contributed by atoms with Gasteiger partial charge in [-0.25, -0.2) is 0 Å². The number of phenols is 1. The van der Waals surface area contributed by atoms with Crippen molar-refractivity contribution in [2.45, 2.75) is 43.9 Å². The van der Waals surface area contributed by atoms with E-state index in [4.69, 9.17) is 4.74 Å². The molecular weight excluding hydrogens is 328 g/mol. The van der Waals surface area contributed by atoms with Crippen molar-refractivity contribution in [3.05, 3.63) is 48.0 Å². The highest BCUT2D eigenvalue weighted by atomic mass is 32.2. The molecule has 0 spiro atoms. The summed E-state index contributed by atoms with van der Waals surface area (Å²) in [6.07, 6.45) is 4.59. The largest absolute Gasteiger partial charge is 0.508 e. The molecule has 2 aromatic rings. The standard InChI is InChI=1S/C18H22O5S/c1-2-3-4-5-7-14-8-6-9-17(18(14)24(20,21)22)23-16-12-10-15(19)11-13-16/h6,8-13,19H,2-5,7H2,1H3,(H,20,21,22). The first-order chi connectivity index (χ1) is 11.4. The molecule has 0 aliphatic heterocycles. The monoisotopic (exact) mass is 350 g/mol. The smallest absolute Gasteiger partial charge is 0.298 e. The number of hydrogen-bond acceptors (Lipinski definition) is 4. The Morgan fingerprint density at radius 2 is 1.71 bits per heavy atom. The zero-order valence-corrected chi connectivity index (χ0v) is 14.4. The quantitative estimate of drug-likeness (QED) is 0.539. The number of unbranched alkanes of at least 4 members (excludes halogenated alkanes) is 3. The average Bonchev–Trinajstić information content (AvgIpc) is 2.53. The number of hydrogen-bond donors (Lipinski definition) is 2. The van der Waals surface area contributed by atoms with E-state index in [0.717, 1.165) is 25.7 Å². The van der Waals surface area contributed by atoms with Crippen LogP contribution in [-0.2, 0) is 16.5 Å². The molecule has 2 aromatic carbocycles. The van der Waals surface area contributed by atoms with Crippen LogP contribution in [0.5, 0.6) is 17.2 Å². The highest BCUT2D eigenvalue weighted by molar-refractivity contribution is 7.86.